The molecule has 0 amide bonds. The maximum Gasteiger partial charge on any atom is 0.264 e. The van der Waals surface area contributed by atoms with E-state index in [2.05, 4.69) is 0 Å². The molecule has 2 aromatic carbocycles. The van der Waals surface area contributed by atoms with Crippen LogP contribution in [-0.2, 0) is 51.3 Å². The van der Waals surface area contributed by atoms with Gasteiger partial charge in [-0.05, 0) is 11.1 Å². The SMILES string of the molecule is CS(=O)(=O)O[C@@H](COCc1ccccc1)[C@@H](COCc1ccccc1)OS(C)(=O)=O. The summed E-state index contributed by atoms with van der Waals surface area (Å²) in [6, 6.07) is 18.5. The summed E-state index contributed by atoms with van der Waals surface area (Å²) in [5, 5.41) is 0. The predicted molar refractivity (Wildman–Crippen MR) is 112 cm³/mol. The number of ether oxygens (including phenoxy) is 2. The van der Waals surface area contributed by atoms with Crippen molar-refractivity contribution in [3.8, 4) is 0 Å². The lowest BCUT2D eigenvalue weighted by atomic mass is 10.2. The van der Waals surface area contributed by atoms with Crippen LogP contribution in [0.15, 0.2) is 60.7 Å². The molecule has 2 aromatic rings. The lowest BCUT2D eigenvalue weighted by molar-refractivity contribution is -0.0494. The highest BCUT2D eigenvalue weighted by molar-refractivity contribution is 7.86. The van der Waals surface area contributed by atoms with Crippen LogP contribution in [0.2, 0.25) is 0 Å². The molecule has 166 valence electrons. The van der Waals surface area contributed by atoms with Crippen LogP contribution < -0.4 is 0 Å². The van der Waals surface area contributed by atoms with Crippen molar-refractivity contribution in [1.29, 1.82) is 0 Å². The second-order valence-electron chi connectivity index (χ2n) is 6.68. The number of rotatable bonds is 13. The fraction of sp³-hybridized carbons (Fsp3) is 0.400. The molecule has 0 N–H and O–H groups in total. The third kappa shape index (κ3) is 10.3. The Morgan fingerprint density at radius 2 is 0.967 bits per heavy atom. The quantitative estimate of drug-likeness (QED) is 0.420. The molecule has 0 fully saturated rings. The minimum atomic E-state index is -3.91. The van der Waals surface area contributed by atoms with Gasteiger partial charge in [-0.25, -0.2) is 0 Å². The van der Waals surface area contributed by atoms with E-state index in [1.54, 1.807) is 0 Å². The molecule has 0 spiro atoms. The van der Waals surface area contributed by atoms with Crippen LogP contribution >= 0.6 is 0 Å². The highest BCUT2D eigenvalue weighted by Crippen LogP contribution is 2.14. The smallest absolute Gasteiger partial charge is 0.264 e. The van der Waals surface area contributed by atoms with Crippen molar-refractivity contribution >= 4 is 20.2 Å². The summed E-state index contributed by atoms with van der Waals surface area (Å²) in [6.45, 7) is -0.0322. The van der Waals surface area contributed by atoms with Crippen LogP contribution in [0.5, 0.6) is 0 Å². The van der Waals surface area contributed by atoms with E-state index in [9.17, 15) is 16.8 Å². The Bertz CT molecular complexity index is 879. The predicted octanol–water partition coefficient (Wildman–Crippen LogP) is 2.11. The molecule has 2 rings (SSSR count). The van der Waals surface area contributed by atoms with Crippen molar-refractivity contribution in [2.45, 2.75) is 25.4 Å². The molecule has 30 heavy (non-hydrogen) atoms. The van der Waals surface area contributed by atoms with E-state index in [1.807, 2.05) is 60.7 Å². The van der Waals surface area contributed by atoms with Gasteiger partial charge in [-0.15, -0.1) is 0 Å². The third-order valence-electron chi connectivity index (χ3n) is 3.80. The highest BCUT2D eigenvalue weighted by atomic mass is 32.2. The van der Waals surface area contributed by atoms with Crippen molar-refractivity contribution in [2.24, 2.45) is 0 Å². The molecule has 0 saturated heterocycles. The first-order valence-corrected chi connectivity index (χ1v) is 12.8. The van der Waals surface area contributed by atoms with Crippen LogP contribution in [0, 0.1) is 0 Å². The van der Waals surface area contributed by atoms with Gasteiger partial charge < -0.3 is 9.47 Å². The van der Waals surface area contributed by atoms with Gasteiger partial charge in [0.25, 0.3) is 20.2 Å². The molecule has 0 aliphatic carbocycles. The zero-order valence-corrected chi connectivity index (χ0v) is 18.5. The monoisotopic (exact) mass is 458 g/mol. The summed E-state index contributed by atoms with van der Waals surface area (Å²) < 4.78 is 68.1. The molecule has 0 radical (unpaired) electrons. The maximum atomic E-state index is 11.7. The molecule has 8 nitrogen and oxygen atoms in total. The minimum Gasteiger partial charge on any atom is -0.374 e. The largest absolute Gasteiger partial charge is 0.374 e. The van der Waals surface area contributed by atoms with Gasteiger partial charge in [0, 0.05) is 0 Å². The first-order valence-electron chi connectivity index (χ1n) is 9.12. The van der Waals surface area contributed by atoms with Crippen LogP contribution in [0.1, 0.15) is 11.1 Å². The van der Waals surface area contributed by atoms with Gasteiger partial charge in [0.15, 0.2) is 0 Å². The summed E-state index contributed by atoms with van der Waals surface area (Å²) in [4.78, 5) is 0. The fourth-order valence-corrected chi connectivity index (χ4v) is 3.83. The average molecular weight is 459 g/mol. The first-order chi connectivity index (χ1) is 14.1. The van der Waals surface area contributed by atoms with Crippen LogP contribution in [0.25, 0.3) is 0 Å². The molecular weight excluding hydrogens is 432 g/mol. The summed E-state index contributed by atoms with van der Waals surface area (Å²) in [5.41, 5.74) is 1.74. The molecule has 10 heteroatoms. The lowest BCUT2D eigenvalue weighted by Crippen LogP contribution is -2.41. The minimum absolute atomic E-state index is 0.195. The van der Waals surface area contributed by atoms with E-state index >= 15 is 0 Å². The zero-order valence-electron chi connectivity index (χ0n) is 16.8. The van der Waals surface area contributed by atoms with Gasteiger partial charge in [0.05, 0.1) is 38.9 Å². The molecule has 0 aromatic heterocycles. The Hall–Kier alpha value is -1.82. The van der Waals surface area contributed by atoms with Crippen molar-refractivity contribution in [1.82, 2.24) is 0 Å². The van der Waals surface area contributed by atoms with E-state index in [1.165, 1.54) is 0 Å². The molecule has 0 saturated carbocycles. The van der Waals surface area contributed by atoms with Crippen molar-refractivity contribution in [3.63, 3.8) is 0 Å². The second kappa shape index (κ2) is 11.5. The Kier molecular flexibility index (Phi) is 9.40. The number of hydrogen-bond acceptors (Lipinski definition) is 8. The molecule has 0 unspecified atom stereocenters. The first kappa shape index (κ1) is 24.4. The fourth-order valence-electron chi connectivity index (χ4n) is 2.58. The standard InChI is InChI=1S/C20H26O8S2/c1-29(21,22)27-19(15-25-13-17-9-5-3-6-10-17)20(28-30(2,23)24)16-26-14-18-11-7-4-8-12-18/h3-12,19-20H,13-16H2,1-2H3/t19-,20+. The Morgan fingerprint density at radius 3 is 1.27 bits per heavy atom. The van der Waals surface area contributed by atoms with E-state index in [-0.39, 0.29) is 26.4 Å². The van der Waals surface area contributed by atoms with Gasteiger partial charge >= 0.3 is 0 Å². The van der Waals surface area contributed by atoms with E-state index < -0.39 is 32.4 Å². The second-order valence-corrected chi connectivity index (χ2v) is 9.88. The van der Waals surface area contributed by atoms with Gasteiger partial charge in [0.2, 0.25) is 0 Å². The molecule has 0 aliphatic heterocycles. The Balaban J connectivity index is 2.07. The summed E-state index contributed by atoms with van der Waals surface area (Å²) in [6.07, 6.45) is -0.678. The van der Waals surface area contributed by atoms with Crippen molar-refractivity contribution < 1.29 is 34.7 Å². The normalized spacial score (nSPS) is 14.3. The van der Waals surface area contributed by atoms with Gasteiger partial charge in [-0.3, -0.25) is 8.37 Å². The Morgan fingerprint density at radius 1 is 0.633 bits per heavy atom. The van der Waals surface area contributed by atoms with Crippen LogP contribution in [-0.4, -0.2) is 54.8 Å². The van der Waals surface area contributed by atoms with Crippen LogP contribution in [0.4, 0.5) is 0 Å². The molecular formula is C20H26O8S2. The zero-order chi connectivity index (χ0) is 22.0. The van der Waals surface area contributed by atoms with Crippen LogP contribution in [0.3, 0.4) is 0 Å². The third-order valence-corrected chi connectivity index (χ3v) is 4.99. The van der Waals surface area contributed by atoms with Crippen molar-refractivity contribution in [3.05, 3.63) is 71.8 Å². The van der Waals surface area contributed by atoms with E-state index in [0.29, 0.717) is 0 Å². The maximum absolute atomic E-state index is 11.7. The number of hydrogen-bond donors (Lipinski definition) is 0. The molecule has 0 heterocycles. The Labute approximate surface area is 178 Å². The topological polar surface area (TPSA) is 105 Å². The van der Waals surface area contributed by atoms with Crippen molar-refractivity contribution in [2.75, 3.05) is 25.7 Å². The summed E-state index contributed by atoms with van der Waals surface area (Å²) in [5.74, 6) is 0. The van der Waals surface area contributed by atoms with E-state index in [0.717, 1.165) is 23.6 Å². The highest BCUT2D eigenvalue weighted by Gasteiger charge is 2.31. The van der Waals surface area contributed by atoms with Gasteiger partial charge in [-0.1, -0.05) is 60.7 Å². The van der Waals surface area contributed by atoms with Gasteiger partial charge in [-0.2, -0.15) is 16.8 Å². The van der Waals surface area contributed by atoms with E-state index in [4.69, 9.17) is 17.8 Å². The summed E-state index contributed by atoms with van der Waals surface area (Å²) in [7, 11) is -7.81. The molecule has 0 bridgehead atoms. The molecule has 2 atom stereocenters. The molecule has 0 aliphatic rings. The lowest BCUT2D eigenvalue weighted by Gasteiger charge is -2.25. The summed E-state index contributed by atoms with van der Waals surface area (Å²) >= 11 is 0. The number of benzene rings is 2. The average Bonchev–Trinajstić information content (AvgIpc) is 2.66. The van der Waals surface area contributed by atoms with Gasteiger partial charge in [0.1, 0.15) is 12.2 Å².